The first-order chi connectivity index (χ1) is 12.0. The van der Waals surface area contributed by atoms with E-state index in [1.165, 1.54) is 0 Å². The molecule has 136 valence electrons. The number of hydrogen-bond donors (Lipinski definition) is 1. The first kappa shape index (κ1) is 17.7. The molecule has 0 aromatic heterocycles. The topological polar surface area (TPSA) is 67.3 Å². The number of carbonyl (C=O) groups excluding carboxylic acids is 1. The second kappa shape index (κ2) is 7.84. The summed E-state index contributed by atoms with van der Waals surface area (Å²) < 4.78 is 0. The van der Waals surface area contributed by atoms with Crippen molar-refractivity contribution in [1.29, 1.82) is 0 Å². The maximum absolute atomic E-state index is 12.5. The normalized spacial score (nSPS) is 19.9. The van der Waals surface area contributed by atoms with Crippen molar-refractivity contribution in [3.8, 4) is 0 Å². The summed E-state index contributed by atoms with van der Waals surface area (Å²) in [4.78, 5) is 32.1. The average Bonchev–Trinajstić information content (AvgIpc) is 2.64. The monoisotopic (exact) mass is 346 g/mol. The van der Waals surface area contributed by atoms with Gasteiger partial charge in [-0.25, -0.2) is 4.79 Å². The predicted octanol–water partition coefficient (Wildman–Crippen LogP) is 0.281. The van der Waals surface area contributed by atoms with E-state index < -0.39 is 5.97 Å². The summed E-state index contributed by atoms with van der Waals surface area (Å²) in [7, 11) is 2.11. The number of carboxylic acid groups (broad SMARTS) is 1. The van der Waals surface area contributed by atoms with Gasteiger partial charge in [-0.15, -0.1) is 0 Å². The number of aromatic carboxylic acids is 1. The van der Waals surface area contributed by atoms with E-state index in [0.29, 0.717) is 25.2 Å². The number of rotatable bonds is 4. The minimum Gasteiger partial charge on any atom is -0.478 e. The van der Waals surface area contributed by atoms with Gasteiger partial charge in [-0.2, -0.15) is 0 Å². The van der Waals surface area contributed by atoms with Gasteiger partial charge in [0.1, 0.15) is 0 Å². The third kappa shape index (κ3) is 4.49. The van der Waals surface area contributed by atoms with Crippen molar-refractivity contribution in [2.75, 3.05) is 70.9 Å². The lowest BCUT2D eigenvalue weighted by molar-refractivity contribution is -0.133. The Hall–Kier alpha value is -2.12. The van der Waals surface area contributed by atoms with Crippen molar-refractivity contribution in [1.82, 2.24) is 14.7 Å². The summed E-state index contributed by atoms with van der Waals surface area (Å²) in [6.45, 7) is 7.46. The van der Waals surface area contributed by atoms with Crippen LogP contribution in [0.5, 0.6) is 0 Å². The number of piperazine rings is 2. The quantitative estimate of drug-likeness (QED) is 0.845. The molecular formula is C18H26N4O3. The van der Waals surface area contributed by atoms with Gasteiger partial charge < -0.3 is 19.8 Å². The molecule has 2 fully saturated rings. The molecule has 2 aliphatic heterocycles. The van der Waals surface area contributed by atoms with Crippen LogP contribution in [0.2, 0.25) is 0 Å². The van der Waals surface area contributed by atoms with Crippen molar-refractivity contribution in [2.45, 2.75) is 0 Å². The van der Waals surface area contributed by atoms with E-state index in [9.17, 15) is 9.59 Å². The Morgan fingerprint density at radius 3 is 2.08 bits per heavy atom. The second-order valence-corrected chi connectivity index (χ2v) is 6.80. The van der Waals surface area contributed by atoms with Crippen LogP contribution in [-0.4, -0.2) is 97.6 Å². The van der Waals surface area contributed by atoms with Crippen LogP contribution >= 0.6 is 0 Å². The van der Waals surface area contributed by atoms with E-state index in [4.69, 9.17) is 5.11 Å². The van der Waals surface area contributed by atoms with Crippen molar-refractivity contribution in [2.24, 2.45) is 0 Å². The van der Waals surface area contributed by atoms with Crippen LogP contribution in [-0.2, 0) is 4.79 Å². The highest BCUT2D eigenvalue weighted by atomic mass is 16.4. The van der Waals surface area contributed by atoms with Gasteiger partial charge in [0.05, 0.1) is 12.1 Å². The molecule has 1 amide bonds. The molecule has 7 heteroatoms. The molecule has 2 saturated heterocycles. The van der Waals surface area contributed by atoms with Gasteiger partial charge in [0.15, 0.2) is 0 Å². The number of nitrogens with zero attached hydrogens (tertiary/aromatic N) is 4. The molecule has 0 unspecified atom stereocenters. The van der Waals surface area contributed by atoms with E-state index in [2.05, 4.69) is 21.7 Å². The van der Waals surface area contributed by atoms with Gasteiger partial charge >= 0.3 is 5.97 Å². The first-order valence-corrected chi connectivity index (χ1v) is 8.80. The molecule has 2 aliphatic rings. The van der Waals surface area contributed by atoms with Gasteiger partial charge in [-0.1, -0.05) is 0 Å². The molecule has 1 aromatic rings. The van der Waals surface area contributed by atoms with Gasteiger partial charge in [-0.3, -0.25) is 9.69 Å². The van der Waals surface area contributed by atoms with Crippen molar-refractivity contribution in [3.63, 3.8) is 0 Å². The largest absolute Gasteiger partial charge is 0.478 e. The van der Waals surface area contributed by atoms with Gasteiger partial charge in [-0.05, 0) is 31.3 Å². The second-order valence-electron chi connectivity index (χ2n) is 6.80. The Balaban J connectivity index is 1.48. The van der Waals surface area contributed by atoms with Crippen LogP contribution < -0.4 is 4.90 Å². The Morgan fingerprint density at radius 2 is 1.52 bits per heavy atom. The number of benzene rings is 1. The highest BCUT2D eigenvalue weighted by Gasteiger charge is 2.24. The molecule has 0 saturated carbocycles. The van der Waals surface area contributed by atoms with Crippen LogP contribution in [0.15, 0.2) is 24.3 Å². The highest BCUT2D eigenvalue weighted by Crippen LogP contribution is 2.17. The zero-order chi connectivity index (χ0) is 17.8. The molecule has 0 atom stereocenters. The molecule has 1 N–H and O–H groups in total. The third-order valence-electron chi connectivity index (χ3n) is 5.07. The summed E-state index contributed by atoms with van der Waals surface area (Å²) in [5, 5.41) is 8.97. The highest BCUT2D eigenvalue weighted by molar-refractivity contribution is 5.88. The summed E-state index contributed by atoms with van der Waals surface area (Å²) in [6.07, 6.45) is 0. The number of likely N-dealkylation sites (N-methyl/N-ethyl adjacent to an activating group) is 1. The lowest BCUT2D eigenvalue weighted by atomic mass is 10.2. The zero-order valence-corrected chi connectivity index (χ0v) is 14.7. The van der Waals surface area contributed by atoms with E-state index in [1.807, 2.05) is 17.0 Å². The van der Waals surface area contributed by atoms with Crippen LogP contribution in [0.4, 0.5) is 5.69 Å². The Kier molecular flexibility index (Phi) is 5.55. The molecule has 1 aromatic carbocycles. The summed E-state index contributed by atoms with van der Waals surface area (Å²) in [5.74, 6) is -0.698. The standard InChI is InChI=1S/C18H26N4O3/c1-19-6-8-20(9-7-19)14-17(23)22-12-10-21(11-13-22)16-4-2-15(3-5-16)18(24)25/h2-5H,6-14H2,1H3,(H,24,25). The van der Waals surface area contributed by atoms with Crippen LogP contribution in [0.3, 0.4) is 0 Å². The Bertz CT molecular complexity index is 603. The molecule has 25 heavy (non-hydrogen) atoms. The number of carbonyl (C=O) groups is 2. The molecule has 3 rings (SSSR count). The number of anilines is 1. The van der Waals surface area contributed by atoms with E-state index in [0.717, 1.165) is 45.0 Å². The van der Waals surface area contributed by atoms with E-state index in [1.54, 1.807) is 12.1 Å². The molecule has 0 aliphatic carbocycles. The molecule has 2 heterocycles. The SMILES string of the molecule is CN1CCN(CC(=O)N2CCN(c3ccc(C(=O)O)cc3)CC2)CC1. The molecule has 0 bridgehead atoms. The fourth-order valence-electron chi connectivity index (χ4n) is 3.33. The average molecular weight is 346 g/mol. The molecule has 7 nitrogen and oxygen atoms in total. The van der Waals surface area contributed by atoms with Crippen LogP contribution in [0.1, 0.15) is 10.4 Å². The molecular weight excluding hydrogens is 320 g/mol. The van der Waals surface area contributed by atoms with Gasteiger partial charge in [0.2, 0.25) is 5.91 Å². The van der Waals surface area contributed by atoms with Crippen molar-refractivity contribution in [3.05, 3.63) is 29.8 Å². The summed E-state index contributed by atoms with van der Waals surface area (Å²) >= 11 is 0. The zero-order valence-electron chi connectivity index (χ0n) is 14.7. The number of carboxylic acids is 1. The molecule has 0 spiro atoms. The smallest absolute Gasteiger partial charge is 0.335 e. The van der Waals surface area contributed by atoms with E-state index in [-0.39, 0.29) is 5.91 Å². The van der Waals surface area contributed by atoms with Crippen molar-refractivity contribution >= 4 is 17.6 Å². The van der Waals surface area contributed by atoms with Gasteiger partial charge in [0.25, 0.3) is 0 Å². The Labute approximate surface area is 148 Å². The maximum atomic E-state index is 12.5. The van der Waals surface area contributed by atoms with Crippen LogP contribution in [0, 0.1) is 0 Å². The summed E-state index contributed by atoms with van der Waals surface area (Å²) in [6, 6.07) is 6.93. The number of hydrogen-bond acceptors (Lipinski definition) is 5. The van der Waals surface area contributed by atoms with E-state index >= 15 is 0 Å². The maximum Gasteiger partial charge on any atom is 0.335 e. The van der Waals surface area contributed by atoms with Crippen LogP contribution in [0.25, 0.3) is 0 Å². The fraction of sp³-hybridized carbons (Fsp3) is 0.556. The predicted molar refractivity (Wildman–Crippen MR) is 96.1 cm³/mol. The lowest BCUT2D eigenvalue weighted by Crippen LogP contribution is -2.53. The lowest BCUT2D eigenvalue weighted by Gasteiger charge is -2.38. The number of amides is 1. The fourth-order valence-corrected chi connectivity index (χ4v) is 3.33. The minimum atomic E-state index is -0.911. The summed E-state index contributed by atoms with van der Waals surface area (Å²) in [5.41, 5.74) is 1.31. The molecule has 0 radical (unpaired) electrons. The Morgan fingerprint density at radius 1 is 0.920 bits per heavy atom. The minimum absolute atomic E-state index is 0.213. The first-order valence-electron chi connectivity index (χ1n) is 8.80. The third-order valence-corrected chi connectivity index (χ3v) is 5.07. The van der Waals surface area contributed by atoms with Gasteiger partial charge in [0, 0.05) is 58.0 Å². The van der Waals surface area contributed by atoms with Crippen molar-refractivity contribution < 1.29 is 14.7 Å².